The first-order valence-electron chi connectivity index (χ1n) is 18.8. The van der Waals surface area contributed by atoms with Crippen LogP contribution in [-0.2, 0) is 39.1 Å². The molecule has 54 heavy (non-hydrogen) atoms. The number of carbonyl (C=O) groups is 2. The molecule has 5 aromatic carbocycles. The van der Waals surface area contributed by atoms with Gasteiger partial charge in [0.25, 0.3) is 0 Å². The van der Waals surface area contributed by atoms with Gasteiger partial charge in [-0.1, -0.05) is 129 Å². The van der Waals surface area contributed by atoms with Crippen molar-refractivity contribution in [3.63, 3.8) is 0 Å². The first-order valence-corrected chi connectivity index (χ1v) is 20.2. The van der Waals surface area contributed by atoms with E-state index in [9.17, 15) is 18.0 Å². The zero-order valence-electron chi connectivity index (χ0n) is 30.9. The molecule has 10 heteroatoms. The number of hydrogen-bond donors (Lipinski definition) is 2. The van der Waals surface area contributed by atoms with Crippen molar-refractivity contribution >= 4 is 45.0 Å². The molecule has 1 heterocycles. The van der Waals surface area contributed by atoms with Crippen molar-refractivity contribution in [2.75, 3.05) is 19.6 Å². The number of benzene rings is 5. The van der Waals surface area contributed by atoms with Gasteiger partial charge in [-0.05, 0) is 71.0 Å². The highest BCUT2D eigenvalue weighted by molar-refractivity contribution is 7.89. The van der Waals surface area contributed by atoms with E-state index in [0.29, 0.717) is 25.1 Å². The fraction of sp³-hybridized carbons (Fsp3) is 0.318. The summed E-state index contributed by atoms with van der Waals surface area (Å²) in [6.45, 7) is 6.24. The fourth-order valence-electron chi connectivity index (χ4n) is 7.01. The number of nitrogens with one attached hydrogen (secondary N) is 2. The molecule has 0 bridgehead atoms. The van der Waals surface area contributed by atoms with Crippen LogP contribution in [0.1, 0.15) is 67.3 Å². The van der Waals surface area contributed by atoms with Crippen molar-refractivity contribution in [1.82, 2.24) is 19.8 Å². The van der Waals surface area contributed by atoms with Gasteiger partial charge in [-0.25, -0.2) is 13.1 Å². The SMILES string of the molecule is CCCCN(Cc1ccccc1)Cc1ccc(CC(NC(=O)CC(NS(=O)(=O)c2ccc3ccccc3c2)c2ccccc2)C(=O)N2CCCC2)cc1.Cl. The number of likely N-dealkylation sites (tertiary alicyclic amines) is 1. The van der Waals surface area contributed by atoms with E-state index in [1.165, 1.54) is 11.1 Å². The molecule has 0 saturated carbocycles. The molecule has 1 aliphatic rings. The topological polar surface area (TPSA) is 98.8 Å². The Hall–Kier alpha value is -4.54. The maximum Gasteiger partial charge on any atom is 0.245 e. The van der Waals surface area contributed by atoms with E-state index in [4.69, 9.17) is 0 Å². The number of fused-ring (bicyclic) bond motifs is 1. The summed E-state index contributed by atoms with van der Waals surface area (Å²) in [7, 11) is -4.00. The number of unbranched alkanes of at least 4 members (excludes halogenated alkanes) is 1. The Labute approximate surface area is 326 Å². The van der Waals surface area contributed by atoms with Crippen LogP contribution in [-0.4, -0.2) is 55.7 Å². The summed E-state index contributed by atoms with van der Waals surface area (Å²) in [5.74, 6) is -0.511. The second-order valence-corrected chi connectivity index (χ2v) is 15.7. The lowest BCUT2D eigenvalue weighted by Gasteiger charge is -2.26. The lowest BCUT2D eigenvalue weighted by atomic mass is 10.0. The Morgan fingerprint density at radius 3 is 2.00 bits per heavy atom. The summed E-state index contributed by atoms with van der Waals surface area (Å²) < 4.78 is 30.2. The molecule has 0 radical (unpaired) electrons. The number of carbonyl (C=O) groups excluding carboxylic acids is 2. The van der Waals surface area contributed by atoms with Crippen LogP contribution in [0.25, 0.3) is 10.8 Å². The molecular formula is C44H51ClN4O4S. The zero-order chi connectivity index (χ0) is 37.0. The number of sulfonamides is 1. The number of hydrogen-bond acceptors (Lipinski definition) is 5. The van der Waals surface area contributed by atoms with Gasteiger partial charge in [0.05, 0.1) is 10.9 Å². The molecule has 284 valence electrons. The highest BCUT2D eigenvalue weighted by atomic mass is 35.5. The second-order valence-electron chi connectivity index (χ2n) is 14.0. The van der Waals surface area contributed by atoms with Crippen LogP contribution in [0.4, 0.5) is 0 Å². The molecule has 2 atom stereocenters. The van der Waals surface area contributed by atoms with Crippen LogP contribution in [0.3, 0.4) is 0 Å². The molecule has 1 fully saturated rings. The number of amides is 2. The normalized spacial score (nSPS) is 14.1. The molecule has 0 aromatic heterocycles. The summed E-state index contributed by atoms with van der Waals surface area (Å²) in [5, 5.41) is 4.76. The van der Waals surface area contributed by atoms with Crippen molar-refractivity contribution in [2.45, 2.75) is 75.5 Å². The van der Waals surface area contributed by atoms with E-state index in [0.717, 1.165) is 61.7 Å². The second kappa shape index (κ2) is 19.7. The van der Waals surface area contributed by atoms with E-state index < -0.39 is 28.0 Å². The first-order chi connectivity index (χ1) is 25.8. The smallest absolute Gasteiger partial charge is 0.245 e. The van der Waals surface area contributed by atoms with Gasteiger partial charge in [0.2, 0.25) is 21.8 Å². The van der Waals surface area contributed by atoms with Crippen molar-refractivity contribution in [3.05, 3.63) is 150 Å². The Bertz CT molecular complexity index is 2060. The van der Waals surface area contributed by atoms with Crippen LogP contribution in [0.15, 0.2) is 132 Å². The largest absolute Gasteiger partial charge is 0.344 e. The van der Waals surface area contributed by atoms with Crippen molar-refractivity contribution in [1.29, 1.82) is 0 Å². The molecule has 2 N–H and O–H groups in total. The van der Waals surface area contributed by atoms with Gasteiger partial charge < -0.3 is 10.2 Å². The predicted octanol–water partition coefficient (Wildman–Crippen LogP) is 7.82. The molecule has 2 unspecified atom stereocenters. The summed E-state index contributed by atoms with van der Waals surface area (Å²) in [5.41, 5.74) is 4.09. The maximum atomic E-state index is 13.8. The first kappa shape index (κ1) is 40.6. The Kier molecular flexibility index (Phi) is 14.8. The molecule has 1 saturated heterocycles. The highest BCUT2D eigenvalue weighted by Crippen LogP contribution is 2.24. The molecule has 0 spiro atoms. The van der Waals surface area contributed by atoms with Gasteiger partial charge in [0.15, 0.2) is 0 Å². The lowest BCUT2D eigenvalue weighted by molar-refractivity contribution is -0.135. The van der Waals surface area contributed by atoms with Crippen molar-refractivity contribution in [2.24, 2.45) is 0 Å². The molecule has 2 amide bonds. The monoisotopic (exact) mass is 766 g/mol. The van der Waals surface area contributed by atoms with Crippen molar-refractivity contribution < 1.29 is 18.0 Å². The molecule has 0 aliphatic carbocycles. The van der Waals surface area contributed by atoms with Gasteiger partial charge in [0, 0.05) is 39.0 Å². The third-order valence-corrected chi connectivity index (χ3v) is 11.4. The standard InChI is InChI=1S/C44H50N4O4S.ClH/c1-2-3-26-47(32-35-14-6-4-7-15-35)33-36-22-20-34(21-23-36)29-42(44(50)48-27-12-13-28-48)45-43(49)31-41(38-17-8-5-9-18-38)46-53(51,52)40-25-24-37-16-10-11-19-39(37)30-40;/h4-11,14-25,30,41-42,46H,2-3,12-13,26-29,31-33H2,1H3,(H,45,49);1H. The predicted molar refractivity (Wildman–Crippen MR) is 219 cm³/mol. The maximum absolute atomic E-state index is 13.8. The Morgan fingerprint density at radius 2 is 1.33 bits per heavy atom. The van der Waals surface area contributed by atoms with Gasteiger partial charge in [-0.3, -0.25) is 14.5 Å². The van der Waals surface area contributed by atoms with Crippen LogP contribution in [0.5, 0.6) is 0 Å². The molecule has 1 aliphatic heterocycles. The number of rotatable bonds is 17. The molecular weight excluding hydrogens is 716 g/mol. The van der Waals surface area contributed by atoms with E-state index in [2.05, 4.69) is 70.4 Å². The van der Waals surface area contributed by atoms with Crippen molar-refractivity contribution in [3.8, 4) is 0 Å². The Balaban J connectivity index is 0.00000561. The summed E-state index contributed by atoms with van der Waals surface area (Å²) >= 11 is 0. The highest BCUT2D eigenvalue weighted by Gasteiger charge is 2.30. The molecule has 5 aromatic rings. The minimum absolute atomic E-state index is 0. The van der Waals surface area contributed by atoms with E-state index >= 15 is 0 Å². The number of halogens is 1. The molecule has 8 nitrogen and oxygen atoms in total. The third kappa shape index (κ3) is 11.2. The zero-order valence-corrected chi connectivity index (χ0v) is 32.5. The van der Waals surface area contributed by atoms with Crippen LogP contribution < -0.4 is 10.0 Å². The quantitative estimate of drug-likeness (QED) is 0.101. The minimum atomic E-state index is -4.00. The van der Waals surface area contributed by atoms with Gasteiger partial charge in [0.1, 0.15) is 6.04 Å². The van der Waals surface area contributed by atoms with Crippen LogP contribution >= 0.6 is 12.4 Å². The minimum Gasteiger partial charge on any atom is -0.344 e. The summed E-state index contributed by atoms with van der Waals surface area (Å²) in [6.07, 6.45) is 4.29. The van der Waals surface area contributed by atoms with Crippen LogP contribution in [0.2, 0.25) is 0 Å². The van der Waals surface area contributed by atoms with Gasteiger partial charge in [-0.15, -0.1) is 12.4 Å². The fourth-order valence-corrected chi connectivity index (χ4v) is 8.27. The summed E-state index contributed by atoms with van der Waals surface area (Å²) in [4.78, 5) is 32.1. The van der Waals surface area contributed by atoms with E-state index in [-0.39, 0.29) is 29.6 Å². The van der Waals surface area contributed by atoms with Gasteiger partial charge in [-0.2, -0.15) is 0 Å². The average molecular weight is 767 g/mol. The average Bonchev–Trinajstić information content (AvgIpc) is 3.73. The number of nitrogens with zero attached hydrogens (tertiary/aromatic N) is 2. The lowest BCUT2D eigenvalue weighted by Crippen LogP contribution is -2.49. The molecule has 6 rings (SSSR count). The van der Waals surface area contributed by atoms with E-state index in [1.54, 1.807) is 30.3 Å². The van der Waals surface area contributed by atoms with Crippen LogP contribution in [0, 0.1) is 0 Å². The van der Waals surface area contributed by atoms with E-state index in [1.807, 2.05) is 53.4 Å². The Morgan fingerprint density at radius 1 is 0.741 bits per heavy atom. The van der Waals surface area contributed by atoms with Gasteiger partial charge >= 0.3 is 0 Å². The summed E-state index contributed by atoms with van der Waals surface area (Å²) in [6, 6.07) is 38.9. The third-order valence-electron chi connectivity index (χ3n) is 9.92.